The van der Waals surface area contributed by atoms with Crippen LogP contribution in [0.25, 0.3) is 0 Å². The second-order valence-electron chi connectivity index (χ2n) is 6.14. The molecule has 0 radical (unpaired) electrons. The zero-order valence-corrected chi connectivity index (χ0v) is 17.0. The SMILES string of the molecule is COCC(=O)NCc1cc(N=C2CCN(c3ccc(Cl)c(Cl)c3)N2)nc(C)n1. The van der Waals surface area contributed by atoms with Gasteiger partial charge in [-0.2, -0.15) is 0 Å². The number of benzene rings is 1. The first-order chi connectivity index (χ1) is 13.4. The molecule has 2 heterocycles. The summed E-state index contributed by atoms with van der Waals surface area (Å²) < 4.78 is 4.79. The quantitative estimate of drug-likeness (QED) is 0.743. The number of hydrogen-bond donors (Lipinski definition) is 2. The number of carbonyl (C=O) groups excluding carboxylic acids is 1. The molecule has 1 fully saturated rings. The van der Waals surface area contributed by atoms with Crippen LogP contribution in [-0.4, -0.2) is 42.0 Å². The van der Waals surface area contributed by atoms with Crippen molar-refractivity contribution in [1.29, 1.82) is 0 Å². The molecule has 0 bridgehead atoms. The molecule has 1 saturated heterocycles. The first-order valence-corrected chi connectivity index (χ1v) is 9.37. The van der Waals surface area contributed by atoms with Crippen molar-refractivity contribution < 1.29 is 9.53 Å². The lowest BCUT2D eigenvalue weighted by Gasteiger charge is -2.18. The van der Waals surface area contributed by atoms with Gasteiger partial charge in [-0.05, 0) is 25.1 Å². The summed E-state index contributed by atoms with van der Waals surface area (Å²) in [6, 6.07) is 7.19. The highest BCUT2D eigenvalue weighted by atomic mass is 35.5. The molecule has 2 aromatic rings. The summed E-state index contributed by atoms with van der Waals surface area (Å²) in [6.45, 7) is 2.81. The molecule has 1 aromatic heterocycles. The van der Waals surface area contributed by atoms with Gasteiger partial charge in [0.1, 0.15) is 18.3 Å². The number of anilines is 1. The van der Waals surface area contributed by atoms with E-state index in [2.05, 4.69) is 25.7 Å². The van der Waals surface area contributed by atoms with Crippen molar-refractivity contribution in [3.05, 3.63) is 45.8 Å². The van der Waals surface area contributed by atoms with Crippen molar-refractivity contribution in [3.63, 3.8) is 0 Å². The Morgan fingerprint density at radius 3 is 2.89 bits per heavy atom. The predicted molar refractivity (Wildman–Crippen MR) is 109 cm³/mol. The molecule has 0 spiro atoms. The van der Waals surface area contributed by atoms with E-state index in [1.165, 1.54) is 7.11 Å². The molecule has 1 aliphatic heterocycles. The number of amides is 1. The summed E-state index contributed by atoms with van der Waals surface area (Å²) >= 11 is 12.1. The third-order valence-electron chi connectivity index (χ3n) is 3.92. The van der Waals surface area contributed by atoms with E-state index in [0.717, 1.165) is 24.5 Å². The van der Waals surface area contributed by atoms with Gasteiger partial charge in [0, 0.05) is 26.1 Å². The molecule has 0 saturated carbocycles. The van der Waals surface area contributed by atoms with Gasteiger partial charge < -0.3 is 10.1 Å². The summed E-state index contributed by atoms with van der Waals surface area (Å²) in [5.74, 6) is 1.68. The maximum absolute atomic E-state index is 11.5. The molecule has 0 unspecified atom stereocenters. The van der Waals surface area contributed by atoms with Gasteiger partial charge in [-0.1, -0.05) is 23.2 Å². The zero-order chi connectivity index (χ0) is 20.1. The number of amidine groups is 1. The van der Waals surface area contributed by atoms with Crippen LogP contribution in [0.15, 0.2) is 29.3 Å². The number of aryl methyl sites for hydroxylation is 1. The number of halogens is 2. The van der Waals surface area contributed by atoms with Crippen LogP contribution >= 0.6 is 23.2 Å². The van der Waals surface area contributed by atoms with Crippen molar-refractivity contribution in [2.75, 3.05) is 25.3 Å². The molecule has 1 aliphatic rings. The van der Waals surface area contributed by atoms with Crippen molar-refractivity contribution in [2.24, 2.45) is 4.99 Å². The van der Waals surface area contributed by atoms with Crippen LogP contribution in [-0.2, 0) is 16.1 Å². The van der Waals surface area contributed by atoms with Gasteiger partial charge in [0.05, 0.1) is 28.0 Å². The number of rotatable bonds is 6. The normalized spacial score (nSPS) is 15.0. The fourth-order valence-corrected chi connectivity index (χ4v) is 2.97. The maximum Gasteiger partial charge on any atom is 0.246 e. The average Bonchev–Trinajstić information content (AvgIpc) is 3.10. The summed E-state index contributed by atoms with van der Waals surface area (Å²) in [7, 11) is 1.47. The van der Waals surface area contributed by atoms with Crippen LogP contribution in [0.2, 0.25) is 10.0 Å². The predicted octanol–water partition coefficient (Wildman–Crippen LogP) is 2.80. The third-order valence-corrected chi connectivity index (χ3v) is 4.66. The van der Waals surface area contributed by atoms with E-state index in [9.17, 15) is 4.79 Å². The van der Waals surface area contributed by atoms with Crippen LogP contribution in [0.3, 0.4) is 0 Å². The van der Waals surface area contributed by atoms with Crippen molar-refractivity contribution in [2.45, 2.75) is 19.9 Å². The third kappa shape index (κ3) is 5.31. The Morgan fingerprint density at radius 2 is 2.14 bits per heavy atom. The van der Waals surface area contributed by atoms with Gasteiger partial charge in [0.2, 0.25) is 5.91 Å². The molecule has 0 aliphatic carbocycles. The van der Waals surface area contributed by atoms with Crippen LogP contribution in [0, 0.1) is 6.92 Å². The monoisotopic (exact) mass is 422 g/mol. The van der Waals surface area contributed by atoms with E-state index in [-0.39, 0.29) is 19.1 Å². The number of carbonyl (C=O) groups is 1. The van der Waals surface area contributed by atoms with E-state index in [0.29, 0.717) is 27.4 Å². The Balaban J connectivity index is 1.69. The highest BCUT2D eigenvalue weighted by Crippen LogP contribution is 2.27. The van der Waals surface area contributed by atoms with E-state index in [1.807, 2.05) is 11.1 Å². The zero-order valence-electron chi connectivity index (χ0n) is 15.5. The van der Waals surface area contributed by atoms with Gasteiger partial charge in [-0.25, -0.2) is 15.0 Å². The van der Waals surface area contributed by atoms with Crippen molar-refractivity contribution in [3.8, 4) is 0 Å². The molecule has 1 aromatic carbocycles. The Kier molecular flexibility index (Phi) is 6.66. The Bertz CT molecular complexity index is 906. The van der Waals surface area contributed by atoms with Crippen LogP contribution in [0.1, 0.15) is 17.9 Å². The highest BCUT2D eigenvalue weighted by molar-refractivity contribution is 6.42. The topological polar surface area (TPSA) is 91.7 Å². The average molecular weight is 423 g/mol. The summed E-state index contributed by atoms with van der Waals surface area (Å²) in [5.41, 5.74) is 4.82. The Hall–Kier alpha value is -2.42. The molecule has 8 nitrogen and oxygen atoms in total. The largest absolute Gasteiger partial charge is 0.375 e. The number of hydrogen-bond acceptors (Lipinski definition) is 6. The number of aliphatic imine (C=N–C) groups is 1. The second kappa shape index (κ2) is 9.18. The summed E-state index contributed by atoms with van der Waals surface area (Å²) in [4.78, 5) is 24.8. The lowest BCUT2D eigenvalue weighted by molar-refractivity contribution is -0.124. The van der Waals surface area contributed by atoms with Gasteiger partial charge in [0.25, 0.3) is 0 Å². The Labute approximate surface area is 172 Å². The minimum atomic E-state index is -0.207. The minimum Gasteiger partial charge on any atom is -0.375 e. The highest BCUT2D eigenvalue weighted by Gasteiger charge is 2.18. The first kappa shape index (κ1) is 20.3. The van der Waals surface area contributed by atoms with Gasteiger partial charge in [-0.15, -0.1) is 0 Å². The van der Waals surface area contributed by atoms with E-state index < -0.39 is 0 Å². The van der Waals surface area contributed by atoms with Crippen LogP contribution < -0.4 is 15.8 Å². The number of nitrogens with zero attached hydrogens (tertiary/aromatic N) is 4. The number of nitrogens with one attached hydrogen (secondary N) is 2. The number of hydrazine groups is 1. The smallest absolute Gasteiger partial charge is 0.246 e. The molecule has 2 N–H and O–H groups in total. The fourth-order valence-electron chi connectivity index (χ4n) is 2.68. The first-order valence-electron chi connectivity index (χ1n) is 8.61. The standard InChI is InChI=1S/C18H20Cl2N6O2/c1-11-22-12(9-21-18(27)10-28-2)7-17(23-11)24-16-5-6-26(25-16)13-3-4-14(19)15(20)8-13/h3-4,7-8H,5-6,9-10H2,1-2H3,(H,21,27)(H,22,23,24,25). The van der Waals surface area contributed by atoms with E-state index in [1.54, 1.807) is 25.1 Å². The van der Waals surface area contributed by atoms with E-state index in [4.69, 9.17) is 27.9 Å². The lowest BCUT2D eigenvalue weighted by Crippen LogP contribution is -2.33. The molecule has 148 valence electrons. The molecule has 1 amide bonds. The van der Waals surface area contributed by atoms with Gasteiger partial charge in [0.15, 0.2) is 5.82 Å². The maximum atomic E-state index is 11.5. The number of aromatic nitrogens is 2. The lowest BCUT2D eigenvalue weighted by atomic mass is 10.3. The van der Waals surface area contributed by atoms with E-state index >= 15 is 0 Å². The fraction of sp³-hybridized carbons (Fsp3) is 0.333. The molecule has 3 rings (SSSR count). The molecule has 10 heteroatoms. The van der Waals surface area contributed by atoms with Gasteiger partial charge in [-0.3, -0.25) is 15.2 Å². The number of methoxy groups -OCH3 is 1. The molecule has 28 heavy (non-hydrogen) atoms. The van der Waals surface area contributed by atoms with Crippen LogP contribution in [0.5, 0.6) is 0 Å². The van der Waals surface area contributed by atoms with Crippen molar-refractivity contribution in [1.82, 2.24) is 20.7 Å². The molecular formula is C18H20Cl2N6O2. The Morgan fingerprint density at radius 1 is 1.32 bits per heavy atom. The van der Waals surface area contributed by atoms with Crippen LogP contribution in [0.4, 0.5) is 11.5 Å². The van der Waals surface area contributed by atoms with Gasteiger partial charge >= 0.3 is 0 Å². The summed E-state index contributed by atoms with van der Waals surface area (Å²) in [6.07, 6.45) is 0.725. The molecular weight excluding hydrogens is 403 g/mol. The van der Waals surface area contributed by atoms with Crippen molar-refractivity contribution >= 4 is 46.4 Å². The molecule has 0 atom stereocenters. The minimum absolute atomic E-state index is 0.00763. The summed E-state index contributed by atoms with van der Waals surface area (Å²) in [5, 5.41) is 5.69. The second-order valence-corrected chi connectivity index (χ2v) is 6.96. The number of ether oxygens (including phenoxy) is 1.